The Kier molecular flexibility index (Phi) is 6.60. The molecular weight excluding hydrogens is 380 g/mol. The number of likely N-dealkylation sites (tertiary alicyclic amines) is 1. The maximum absolute atomic E-state index is 12.9. The third-order valence-corrected chi connectivity index (χ3v) is 6.06. The van der Waals surface area contributed by atoms with Crippen LogP contribution < -0.4 is 5.32 Å². The zero-order valence-electron chi connectivity index (χ0n) is 16.2. The molecule has 1 aromatic rings. The fraction of sp³-hybridized carbons (Fsp3) is 0.571. The smallest absolute Gasteiger partial charge is 0.328 e. The van der Waals surface area contributed by atoms with Gasteiger partial charge in [0.05, 0.1) is 7.11 Å². The molecule has 28 heavy (non-hydrogen) atoms. The molecule has 0 aliphatic carbocycles. The molecule has 0 bridgehead atoms. The van der Waals surface area contributed by atoms with Crippen LogP contribution in [0.25, 0.3) is 0 Å². The van der Waals surface area contributed by atoms with Crippen molar-refractivity contribution in [3.63, 3.8) is 0 Å². The van der Waals surface area contributed by atoms with Crippen molar-refractivity contribution in [2.24, 2.45) is 0 Å². The number of hydrogen-bond acceptors (Lipinski definition) is 4. The fourth-order valence-electron chi connectivity index (χ4n) is 4.28. The third kappa shape index (κ3) is 4.85. The first-order valence-electron chi connectivity index (χ1n) is 9.85. The number of carbonyl (C=O) groups is 3. The number of esters is 1. The van der Waals surface area contributed by atoms with Crippen LogP contribution in [0.1, 0.15) is 50.5 Å². The predicted molar refractivity (Wildman–Crippen MR) is 106 cm³/mol. The SMILES string of the molecule is COC(=O)C1CCCCN1C(=O)CCC1(Cc2ccc(Cl)cc2)CCC(=O)N1. The van der Waals surface area contributed by atoms with E-state index in [1.54, 1.807) is 4.90 Å². The van der Waals surface area contributed by atoms with Gasteiger partial charge < -0.3 is 15.0 Å². The van der Waals surface area contributed by atoms with Gasteiger partial charge in [0.2, 0.25) is 11.8 Å². The van der Waals surface area contributed by atoms with E-state index in [0.717, 1.165) is 18.4 Å². The number of ether oxygens (including phenoxy) is 1. The largest absolute Gasteiger partial charge is 0.467 e. The summed E-state index contributed by atoms with van der Waals surface area (Å²) in [7, 11) is 1.36. The summed E-state index contributed by atoms with van der Waals surface area (Å²) in [4.78, 5) is 38.5. The minimum Gasteiger partial charge on any atom is -0.467 e. The Morgan fingerprint density at radius 3 is 2.68 bits per heavy atom. The number of carbonyl (C=O) groups excluding carboxylic acids is 3. The molecule has 7 heteroatoms. The van der Waals surface area contributed by atoms with E-state index in [4.69, 9.17) is 16.3 Å². The second-order valence-electron chi connectivity index (χ2n) is 7.75. The molecule has 2 atom stereocenters. The summed E-state index contributed by atoms with van der Waals surface area (Å²) < 4.78 is 4.87. The Morgan fingerprint density at radius 2 is 2.04 bits per heavy atom. The number of nitrogens with zero attached hydrogens (tertiary/aromatic N) is 1. The van der Waals surface area contributed by atoms with Crippen molar-refractivity contribution >= 4 is 29.4 Å². The van der Waals surface area contributed by atoms with Gasteiger partial charge in [-0.05, 0) is 56.2 Å². The van der Waals surface area contributed by atoms with Gasteiger partial charge in [0, 0.05) is 29.9 Å². The van der Waals surface area contributed by atoms with E-state index >= 15 is 0 Å². The molecule has 0 saturated carbocycles. The van der Waals surface area contributed by atoms with E-state index in [0.29, 0.717) is 50.1 Å². The Balaban J connectivity index is 1.67. The molecule has 1 N–H and O–H groups in total. The predicted octanol–water partition coefficient (Wildman–Crippen LogP) is 2.87. The third-order valence-electron chi connectivity index (χ3n) is 5.80. The van der Waals surface area contributed by atoms with Gasteiger partial charge in [-0.2, -0.15) is 0 Å². The van der Waals surface area contributed by atoms with Gasteiger partial charge in [0.1, 0.15) is 6.04 Å². The van der Waals surface area contributed by atoms with Crippen LogP contribution in [0.15, 0.2) is 24.3 Å². The summed E-state index contributed by atoms with van der Waals surface area (Å²) in [5.41, 5.74) is 0.640. The molecule has 3 rings (SSSR count). The van der Waals surface area contributed by atoms with E-state index in [-0.39, 0.29) is 17.8 Å². The molecule has 2 amide bonds. The van der Waals surface area contributed by atoms with Crippen molar-refractivity contribution < 1.29 is 19.1 Å². The number of piperidine rings is 1. The first kappa shape index (κ1) is 20.6. The Hall–Kier alpha value is -2.08. The number of nitrogens with one attached hydrogen (secondary N) is 1. The summed E-state index contributed by atoms with van der Waals surface area (Å²) in [6.45, 7) is 0.579. The second kappa shape index (κ2) is 8.95. The molecule has 1 aromatic carbocycles. The maximum Gasteiger partial charge on any atom is 0.328 e. The number of benzene rings is 1. The maximum atomic E-state index is 12.9. The monoisotopic (exact) mass is 406 g/mol. The second-order valence-corrected chi connectivity index (χ2v) is 8.19. The Bertz CT molecular complexity index is 736. The fourth-order valence-corrected chi connectivity index (χ4v) is 4.40. The number of rotatable bonds is 6. The Labute approximate surface area is 170 Å². The average molecular weight is 407 g/mol. The van der Waals surface area contributed by atoms with Crippen LogP contribution in [0.2, 0.25) is 5.02 Å². The summed E-state index contributed by atoms with van der Waals surface area (Å²) >= 11 is 5.97. The first-order chi connectivity index (χ1) is 13.4. The highest BCUT2D eigenvalue weighted by molar-refractivity contribution is 6.30. The molecule has 0 aromatic heterocycles. The van der Waals surface area contributed by atoms with Gasteiger partial charge in [-0.25, -0.2) is 4.79 Å². The van der Waals surface area contributed by atoms with E-state index < -0.39 is 11.6 Å². The van der Waals surface area contributed by atoms with Gasteiger partial charge in [0.15, 0.2) is 0 Å². The lowest BCUT2D eigenvalue weighted by Gasteiger charge is -2.35. The van der Waals surface area contributed by atoms with Gasteiger partial charge in [-0.3, -0.25) is 9.59 Å². The molecule has 2 fully saturated rings. The summed E-state index contributed by atoms with van der Waals surface area (Å²) in [5.74, 6) is -0.378. The standard InChI is InChI=1S/C21H27ClN2O4/c1-28-20(27)17-4-2-3-13-24(17)19(26)10-12-21(11-9-18(25)23-21)14-15-5-7-16(22)8-6-15/h5-8,17H,2-4,9-14H2,1H3,(H,23,25). The number of methoxy groups -OCH3 is 1. The quantitative estimate of drug-likeness (QED) is 0.737. The van der Waals surface area contributed by atoms with Crippen molar-refractivity contribution in [3.8, 4) is 0 Å². The molecular formula is C21H27ClN2O4. The van der Waals surface area contributed by atoms with Crippen molar-refractivity contribution in [3.05, 3.63) is 34.9 Å². The lowest BCUT2D eigenvalue weighted by Crippen LogP contribution is -2.50. The van der Waals surface area contributed by atoms with Gasteiger partial charge >= 0.3 is 5.97 Å². The summed E-state index contributed by atoms with van der Waals surface area (Å²) in [5, 5.41) is 3.77. The van der Waals surface area contributed by atoms with Crippen LogP contribution in [0.4, 0.5) is 0 Å². The van der Waals surface area contributed by atoms with Gasteiger partial charge in [-0.15, -0.1) is 0 Å². The zero-order valence-corrected chi connectivity index (χ0v) is 17.0. The molecule has 2 unspecified atom stereocenters. The number of halogens is 1. The van der Waals surface area contributed by atoms with Crippen molar-refractivity contribution in [2.45, 2.75) is 62.9 Å². The first-order valence-corrected chi connectivity index (χ1v) is 10.2. The molecule has 152 valence electrons. The number of amides is 2. The Morgan fingerprint density at radius 1 is 1.29 bits per heavy atom. The van der Waals surface area contributed by atoms with Crippen LogP contribution in [-0.4, -0.2) is 47.9 Å². The van der Waals surface area contributed by atoms with Crippen LogP contribution in [-0.2, 0) is 25.5 Å². The zero-order chi connectivity index (χ0) is 20.1. The van der Waals surface area contributed by atoms with E-state index in [1.165, 1.54) is 7.11 Å². The van der Waals surface area contributed by atoms with Gasteiger partial charge in [0.25, 0.3) is 0 Å². The average Bonchev–Trinajstić information content (AvgIpc) is 3.08. The highest BCUT2D eigenvalue weighted by Gasteiger charge is 2.39. The summed E-state index contributed by atoms with van der Waals surface area (Å²) in [6.07, 6.45) is 5.12. The lowest BCUT2D eigenvalue weighted by molar-refractivity contribution is -0.154. The normalized spacial score (nSPS) is 24.7. The van der Waals surface area contributed by atoms with E-state index in [9.17, 15) is 14.4 Å². The van der Waals surface area contributed by atoms with E-state index in [1.807, 2.05) is 24.3 Å². The van der Waals surface area contributed by atoms with Gasteiger partial charge in [-0.1, -0.05) is 23.7 Å². The lowest BCUT2D eigenvalue weighted by atomic mass is 9.84. The topological polar surface area (TPSA) is 75.7 Å². The highest BCUT2D eigenvalue weighted by Crippen LogP contribution is 2.31. The number of hydrogen-bond donors (Lipinski definition) is 1. The molecule has 6 nitrogen and oxygen atoms in total. The van der Waals surface area contributed by atoms with Crippen molar-refractivity contribution in [1.82, 2.24) is 10.2 Å². The molecule has 2 aliphatic heterocycles. The minimum absolute atomic E-state index is 0.0202. The van der Waals surface area contributed by atoms with Crippen molar-refractivity contribution in [2.75, 3.05) is 13.7 Å². The van der Waals surface area contributed by atoms with Crippen LogP contribution in [0.3, 0.4) is 0 Å². The summed E-state index contributed by atoms with van der Waals surface area (Å²) in [6, 6.07) is 7.09. The minimum atomic E-state index is -0.489. The van der Waals surface area contributed by atoms with Crippen LogP contribution >= 0.6 is 11.6 Å². The van der Waals surface area contributed by atoms with Crippen LogP contribution in [0, 0.1) is 0 Å². The molecule has 0 radical (unpaired) electrons. The van der Waals surface area contributed by atoms with Crippen molar-refractivity contribution in [1.29, 1.82) is 0 Å². The van der Waals surface area contributed by atoms with Crippen LogP contribution in [0.5, 0.6) is 0 Å². The van der Waals surface area contributed by atoms with E-state index in [2.05, 4.69) is 5.32 Å². The molecule has 2 aliphatic rings. The molecule has 2 heterocycles. The highest BCUT2D eigenvalue weighted by atomic mass is 35.5. The molecule has 0 spiro atoms. The molecule has 2 saturated heterocycles.